The third-order valence-corrected chi connectivity index (χ3v) is 31.8. The predicted octanol–water partition coefficient (Wildman–Crippen LogP) is 25.0. The molecule has 0 spiro atoms. The van der Waals surface area contributed by atoms with E-state index in [1.54, 1.807) is 106 Å². The van der Waals surface area contributed by atoms with Crippen LogP contribution in [0.1, 0.15) is 108 Å². The number of ether oxygens (including phenoxy) is 3. The number of nitrogens with one attached hydrogen (secondary N) is 2. The molecule has 28 heteroatoms. The Kier molecular flexibility index (Phi) is 37.7. The number of para-hydroxylation sites is 1. The number of aryl methyl sites for hydroxylation is 4. The number of benzene rings is 2. The normalized spacial score (nSPS) is 12.4. The van der Waals surface area contributed by atoms with Crippen LogP contribution in [0.25, 0.3) is 89.1 Å². The number of pyridine rings is 13. The SMILES string of the molecule is CN(C)c1ccccc1-c1ccccc1P(C1CCCCC1)C1CCCCC1.COc1cc(-c2cc(-c3ccccn3)cnc2Cl)c(N)cn1.COc1cc2c(cn1)[nH]c1cnc(-c3cccnc3)cc12.Cc1c[c]([Sn]([CH3])([CH3])[CH3])c(NC(=O)OC(C)(C)C)cn1.Cc1cc(-c2cccnc2)ncc1Cl.Cc1ccc(N)cn1.Cc1ccc(N)cn1.Clc1ccc(-c2cccnc2)nc1. The molecular formula is C105H117Cl3N19O4PSn. The molecule has 2 aliphatic carbocycles. The van der Waals surface area contributed by atoms with E-state index in [4.69, 9.17) is 66.2 Å². The summed E-state index contributed by atoms with van der Waals surface area (Å²) in [6.45, 7) is 13.3. The Morgan fingerprint density at radius 2 is 0.985 bits per heavy atom. The second-order valence-electron chi connectivity index (χ2n) is 34.1. The zero-order valence-corrected chi connectivity index (χ0v) is 83.9. The molecule has 0 saturated heterocycles. The molecule has 133 heavy (non-hydrogen) atoms. The maximum absolute atomic E-state index is 11.9. The minimum atomic E-state index is -2.30. The van der Waals surface area contributed by atoms with Gasteiger partial charge in [0.2, 0.25) is 11.8 Å². The number of aromatic nitrogens is 14. The summed E-state index contributed by atoms with van der Waals surface area (Å²) < 4.78 is 16.9. The van der Waals surface area contributed by atoms with Gasteiger partial charge in [0, 0.05) is 155 Å². The van der Waals surface area contributed by atoms with Crippen LogP contribution in [0.5, 0.6) is 11.8 Å². The van der Waals surface area contributed by atoms with Gasteiger partial charge in [-0.1, -0.05) is 130 Å². The van der Waals surface area contributed by atoms with E-state index < -0.39 is 30.1 Å². The van der Waals surface area contributed by atoms with Crippen molar-refractivity contribution in [2.75, 3.05) is 55.7 Å². The average Bonchev–Trinajstić information content (AvgIpc) is 1.75. The number of carbonyl (C=O) groups excluding carboxylic acids is 1. The maximum Gasteiger partial charge on any atom is 0.0721 e. The Morgan fingerprint density at radius 1 is 0.459 bits per heavy atom. The molecule has 14 heterocycles. The van der Waals surface area contributed by atoms with E-state index in [1.165, 1.54) is 90.8 Å². The van der Waals surface area contributed by atoms with Crippen molar-refractivity contribution < 1.29 is 19.0 Å². The number of nitrogens with two attached hydrogens (primary N) is 3. The van der Waals surface area contributed by atoms with E-state index >= 15 is 0 Å². The van der Waals surface area contributed by atoms with Crippen LogP contribution in [0.3, 0.4) is 0 Å². The van der Waals surface area contributed by atoms with Crippen LogP contribution in [-0.2, 0) is 4.74 Å². The summed E-state index contributed by atoms with van der Waals surface area (Å²) in [5, 5.41) is 8.40. The first-order valence-electron chi connectivity index (χ1n) is 44.1. The van der Waals surface area contributed by atoms with Crippen molar-refractivity contribution in [3.05, 3.63) is 313 Å². The number of nitrogens with zero attached hydrogens (tertiary/aromatic N) is 14. The van der Waals surface area contributed by atoms with Gasteiger partial charge in [-0.2, -0.15) is 0 Å². The second-order valence-corrected chi connectivity index (χ2v) is 52.5. The third kappa shape index (κ3) is 30.4. The van der Waals surface area contributed by atoms with Crippen LogP contribution in [0.4, 0.5) is 33.2 Å². The van der Waals surface area contributed by atoms with E-state index in [1.807, 2.05) is 170 Å². The molecule has 0 bridgehead atoms. The fraction of sp³-hybridized carbons (Fsp3) is 0.257. The van der Waals surface area contributed by atoms with Gasteiger partial charge in [0.25, 0.3) is 0 Å². The summed E-state index contributed by atoms with van der Waals surface area (Å²) >= 11 is 15.5. The summed E-state index contributed by atoms with van der Waals surface area (Å²) in [6, 6.07) is 58.6. The van der Waals surface area contributed by atoms with E-state index in [0.29, 0.717) is 38.2 Å². The topological polar surface area (TPSA) is 321 Å². The fourth-order valence-corrected chi connectivity index (χ4v) is 23.8. The Morgan fingerprint density at radius 3 is 1.51 bits per heavy atom. The van der Waals surface area contributed by atoms with Crippen molar-refractivity contribution in [2.24, 2.45) is 0 Å². The zero-order valence-electron chi connectivity index (χ0n) is 77.9. The van der Waals surface area contributed by atoms with Crippen molar-refractivity contribution in [2.45, 2.75) is 144 Å². The molecule has 2 aliphatic rings. The summed E-state index contributed by atoms with van der Waals surface area (Å²) in [5.41, 5.74) is 39.9. The largest absolute Gasteiger partial charge is 0.397 e. The number of hydrogen-bond acceptors (Lipinski definition) is 21. The molecule has 2 aromatic carbocycles. The molecule has 0 unspecified atom stereocenters. The molecular weight excluding hydrogens is 1850 g/mol. The van der Waals surface area contributed by atoms with Crippen molar-refractivity contribution >= 4 is 126 Å². The summed E-state index contributed by atoms with van der Waals surface area (Å²) in [6.07, 6.45) is 41.6. The number of hydrogen-bond donors (Lipinski definition) is 5. The number of anilines is 5. The molecule has 0 radical (unpaired) electrons. The first-order valence-corrected chi connectivity index (χ1v) is 56.7. The Labute approximate surface area is 801 Å². The number of halogens is 3. The zero-order chi connectivity index (χ0) is 95.0. The van der Waals surface area contributed by atoms with Crippen LogP contribution < -0.4 is 45.8 Å². The van der Waals surface area contributed by atoms with Gasteiger partial charge in [0.15, 0.2) is 0 Å². The van der Waals surface area contributed by atoms with Crippen LogP contribution in [-0.4, -0.2) is 139 Å². The van der Waals surface area contributed by atoms with Gasteiger partial charge in [0.05, 0.1) is 106 Å². The van der Waals surface area contributed by atoms with E-state index in [0.717, 1.165) is 123 Å². The van der Waals surface area contributed by atoms with E-state index in [2.05, 4.69) is 170 Å². The maximum atomic E-state index is 11.9. The van der Waals surface area contributed by atoms with E-state index in [-0.39, 0.29) is 7.92 Å². The Bertz CT molecular complexity index is 6260. The number of nitrogen functional groups attached to an aromatic ring is 3. The first-order chi connectivity index (χ1) is 64.0. The molecule has 0 aliphatic heterocycles. The van der Waals surface area contributed by atoms with Gasteiger partial charge >= 0.3 is 120 Å². The van der Waals surface area contributed by atoms with Crippen LogP contribution >= 0.6 is 42.7 Å². The number of H-pyrrole nitrogens is 1. The van der Waals surface area contributed by atoms with Crippen molar-refractivity contribution in [1.29, 1.82) is 0 Å². The average molecular weight is 1970 g/mol. The smallest absolute Gasteiger partial charge is 0.0721 e. The third-order valence-electron chi connectivity index (χ3n) is 21.6. The van der Waals surface area contributed by atoms with Crippen LogP contribution in [0.15, 0.2) is 275 Å². The fourth-order valence-electron chi connectivity index (χ4n) is 14.9. The molecule has 8 N–H and O–H groups in total. The number of rotatable bonds is 14. The summed E-state index contributed by atoms with van der Waals surface area (Å²) in [5.74, 6) is 1.06. The predicted molar refractivity (Wildman–Crippen MR) is 553 cm³/mol. The number of methoxy groups -OCH3 is 2. The number of fused-ring (bicyclic) bond motifs is 3. The van der Waals surface area contributed by atoms with Gasteiger partial charge in [-0.25, -0.2) is 15.0 Å². The van der Waals surface area contributed by atoms with Gasteiger partial charge in [0.1, 0.15) is 5.15 Å². The van der Waals surface area contributed by atoms with Crippen LogP contribution in [0.2, 0.25) is 30.0 Å². The van der Waals surface area contributed by atoms with Gasteiger partial charge < -0.3 is 36.6 Å². The number of aromatic amines is 1. The minimum Gasteiger partial charge on any atom is -0.397 e. The standard InChI is InChI=1S/C26H36NP.C16H13ClN4O.C16H12N4O.C11H9ClN2.C11H15N2O2.C10H7ClN2.2C6H8N2.3CH3.Sn/c1-27(2)25-19-11-9-17-23(25)24-18-10-12-20-26(24)28(21-13-5-3-6-14-21)22-15-7-4-8-16-22;1-22-15-7-11(13(18)9-20-15)12-6-10(8-21-16(12)17)14-4-2-3-5-19-14;1-21-16-6-12-11-5-13(10-3-2-4-17-7-10)18-8-14(11)20-15(12)9-19-16;1-8-5-11(14-7-10(8)12)9-3-2-4-13-6-9;1-8-5-6-9(7-12-8)13-10(14)15-11(2,3)4;11-9-3-4-10(13-7-9)8-2-1-5-12-6-8;2*1-5-2-3-6(7)4-8-5;;;;/h9-12,17-22H,3-8,13-16H2,1-2H3;2-9H,18H2,1H3;2-9,20H,1H3;2-7H,1H3;5,7H,1-4H3,(H,13,14);1-7H;2*2-4H,7H2,1H3;3*1H3;. The van der Waals surface area contributed by atoms with Crippen LogP contribution in [0, 0.1) is 27.7 Å². The summed E-state index contributed by atoms with van der Waals surface area (Å²) in [4.78, 5) is 78.5. The van der Waals surface area contributed by atoms with Crippen molar-refractivity contribution in [3.63, 3.8) is 0 Å². The molecule has 14 aromatic heterocycles. The Hall–Kier alpha value is -12.6. The molecule has 2 fully saturated rings. The molecule has 16 aromatic rings. The Balaban J connectivity index is 0.000000151. The molecule has 23 nitrogen and oxygen atoms in total. The summed E-state index contributed by atoms with van der Waals surface area (Å²) in [7, 11) is 7.42. The van der Waals surface area contributed by atoms with E-state index in [9.17, 15) is 4.79 Å². The second kappa shape index (κ2) is 49.7. The van der Waals surface area contributed by atoms with Crippen molar-refractivity contribution in [3.8, 4) is 79.0 Å². The number of carbonyl (C=O) groups is 1. The molecule has 1 amide bonds. The molecule has 2 saturated carbocycles. The minimum absolute atomic E-state index is 0.0867. The number of amides is 1. The first kappa shape index (κ1) is 101. The molecule has 686 valence electrons. The van der Waals surface area contributed by atoms with Gasteiger partial charge in [-0.3, -0.25) is 44.9 Å². The van der Waals surface area contributed by atoms with Gasteiger partial charge in [-0.15, -0.1) is 0 Å². The molecule has 0 atom stereocenters. The van der Waals surface area contributed by atoms with Crippen molar-refractivity contribution in [1.82, 2.24) is 69.8 Å². The quantitative estimate of drug-likeness (QED) is 0.0384. The van der Waals surface area contributed by atoms with Gasteiger partial charge in [-0.05, 0) is 183 Å². The monoisotopic (exact) mass is 1960 g/mol. The molecule has 18 rings (SSSR count).